The minimum atomic E-state index is -4.63. The number of aldehydes is 1. The van der Waals surface area contributed by atoms with Gasteiger partial charge in [-0.15, -0.1) is 0 Å². The van der Waals surface area contributed by atoms with Crippen LogP contribution in [0.15, 0.2) is 18.2 Å². The average molecular weight is 611 g/mol. The molecule has 14 heteroatoms. The first-order chi connectivity index (χ1) is 19.4. The Morgan fingerprint density at radius 3 is 2.21 bits per heavy atom. The monoisotopic (exact) mass is 610 g/mol. The van der Waals surface area contributed by atoms with Gasteiger partial charge >= 0.3 is 35.7 Å². The Morgan fingerprint density at radius 1 is 1.21 bits per heavy atom. The number of ether oxygens (including phenoxy) is 1. The van der Waals surface area contributed by atoms with Gasteiger partial charge in [-0.1, -0.05) is 13.8 Å². The Kier molecular flexibility index (Phi) is 19.7. The molecule has 0 saturated heterocycles. The van der Waals surface area contributed by atoms with Gasteiger partial charge in [-0.2, -0.15) is 25.4 Å². The fourth-order valence-corrected chi connectivity index (χ4v) is 4.63. The van der Waals surface area contributed by atoms with Crippen molar-refractivity contribution in [2.75, 3.05) is 26.6 Å². The van der Waals surface area contributed by atoms with Crippen LogP contribution in [-0.4, -0.2) is 67.3 Å². The van der Waals surface area contributed by atoms with E-state index in [0.29, 0.717) is 17.1 Å². The number of primary amides is 1. The molecule has 0 radical (unpaired) electrons. The summed E-state index contributed by atoms with van der Waals surface area (Å²) in [5.74, 6) is -0.635. The largest absolute Gasteiger partial charge is 1.00 e. The third-order valence-electron chi connectivity index (χ3n) is 6.67. The maximum absolute atomic E-state index is 13.7. The predicted octanol–water partition coefficient (Wildman–Crippen LogP) is 0.230. The molecular weight excluding hydrogens is 568 g/mol. The van der Waals surface area contributed by atoms with Gasteiger partial charge in [0.25, 0.3) is 5.91 Å². The van der Waals surface area contributed by atoms with Crippen molar-refractivity contribution in [3.8, 4) is 5.69 Å². The number of nitrogens with two attached hydrogens (primary N) is 1. The maximum Gasteiger partial charge on any atom is 1.00 e. The molecule has 1 saturated carbocycles. The van der Waals surface area contributed by atoms with Crippen molar-refractivity contribution in [1.82, 2.24) is 9.78 Å². The van der Waals surface area contributed by atoms with E-state index in [4.69, 9.17) is 25.5 Å². The number of amides is 1. The second kappa shape index (κ2) is 19.8. The second-order valence-corrected chi connectivity index (χ2v) is 9.99. The minimum Gasteiger partial charge on any atom is -0.857 e. The molecule has 1 aliphatic rings. The number of alkyl halides is 3. The van der Waals surface area contributed by atoms with E-state index < -0.39 is 23.2 Å². The van der Waals surface area contributed by atoms with Crippen LogP contribution in [-0.2, 0) is 26.9 Å². The summed E-state index contributed by atoms with van der Waals surface area (Å²) in [5.41, 5.74) is 5.50. The van der Waals surface area contributed by atoms with Crippen molar-refractivity contribution in [1.29, 1.82) is 0 Å². The maximum atomic E-state index is 13.7. The Labute approximate surface area is 267 Å². The summed E-state index contributed by atoms with van der Waals surface area (Å²) in [4.78, 5) is 31.2. The number of aliphatic hydroxyl groups excluding tert-OH is 1. The number of hydrogen-bond donors (Lipinski definition) is 3. The number of anilines is 1. The molecule has 10 nitrogen and oxygen atoms in total. The van der Waals surface area contributed by atoms with Gasteiger partial charge in [0, 0.05) is 43.6 Å². The molecule has 0 aliphatic heterocycles. The smallest absolute Gasteiger partial charge is 0.857 e. The van der Waals surface area contributed by atoms with E-state index >= 15 is 0 Å². The molecule has 0 bridgehead atoms. The molecule has 2 aromatic rings. The van der Waals surface area contributed by atoms with Crippen LogP contribution >= 0.6 is 0 Å². The van der Waals surface area contributed by atoms with Crippen LogP contribution in [0.1, 0.15) is 73.3 Å². The SMILES string of the molecule is C=O.CO.COC1CCC(Nc2cc(-n3nc(C(F)(F)F)c(C)c3CC(C)(C)CC=O)ccc2C(N)=O)CC1.C[O-].[Na+]. The Morgan fingerprint density at radius 2 is 1.76 bits per heavy atom. The van der Waals surface area contributed by atoms with E-state index in [-0.39, 0.29) is 65.7 Å². The van der Waals surface area contributed by atoms with Crippen molar-refractivity contribution in [3.63, 3.8) is 0 Å². The van der Waals surface area contributed by atoms with Crippen LogP contribution in [0.25, 0.3) is 5.69 Å². The van der Waals surface area contributed by atoms with E-state index in [1.807, 2.05) is 20.6 Å². The predicted molar refractivity (Wildman–Crippen MR) is 148 cm³/mol. The van der Waals surface area contributed by atoms with Crippen LogP contribution in [0.3, 0.4) is 0 Å². The number of aromatic nitrogens is 2. The summed E-state index contributed by atoms with van der Waals surface area (Å²) >= 11 is 0. The Hall–Kier alpha value is -2.29. The molecule has 0 unspecified atom stereocenters. The van der Waals surface area contributed by atoms with Gasteiger partial charge in [0.15, 0.2) is 5.69 Å². The molecule has 42 heavy (non-hydrogen) atoms. The quantitative estimate of drug-likeness (QED) is 0.269. The second-order valence-electron chi connectivity index (χ2n) is 9.99. The zero-order valence-electron chi connectivity index (χ0n) is 25.5. The molecule has 1 aromatic carbocycles. The molecular formula is C28H42F3N4NaO6. The molecule has 3 rings (SSSR count). The van der Waals surface area contributed by atoms with E-state index in [1.165, 1.54) is 23.7 Å². The number of methoxy groups -OCH3 is 1. The number of benzene rings is 1. The third kappa shape index (κ3) is 11.8. The van der Waals surface area contributed by atoms with Gasteiger partial charge in [0.2, 0.25) is 0 Å². The molecule has 1 aliphatic carbocycles. The number of nitrogens with zero attached hydrogens (tertiary/aromatic N) is 2. The average Bonchev–Trinajstić information content (AvgIpc) is 3.27. The topological polar surface area (TPSA) is 160 Å². The molecule has 1 heterocycles. The van der Waals surface area contributed by atoms with Crippen LogP contribution in [0.5, 0.6) is 0 Å². The molecule has 0 spiro atoms. The Balaban J connectivity index is 0. The van der Waals surface area contributed by atoms with Gasteiger partial charge in [-0.25, -0.2) is 4.68 Å². The van der Waals surface area contributed by atoms with Gasteiger partial charge < -0.3 is 35.6 Å². The van der Waals surface area contributed by atoms with Crippen LogP contribution < -0.4 is 45.7 Å². The molecule has 1 aromatic heterocycles. The fraction of sp³-hybridized carbons (Fsp3) is 0.571. The Bertz CT molecular complexity index is 1100. The number of rotatable bonds is 9. The van der Waals surface area contributed by atoms with E-state index in [0.717, 1.165) is 46.2 Å². The minimum absolute atomic E-state index is 0. The standard InChI is InChI=1S/C25H33F3N4O3.CH4O.CH3O.CH2O.Na/c1-15-21(14-24(2,3)11-12-33)32(31-22(15)25(26,27)28)17-7-10-19(23(29)34)20(13-17)30-16-5-8-18(35-4)9-6-16;3*1-2;/h7,10,12-13,16,18,30H,5-6,8-9,11,14H2,1-4H3,(H2,29,34);2H,1H3;1H3;1H2;/q;;-1;;+1. The fourth-order valence-electron chi connectivity index (χ4n) is 4.63. The van der Waals surface area contributed by atoms with Gasteiger partial charge in [0.05, 0.1) is 17.4 Å². The first kappa shape index (κ1) is 41.8. The summed E-state index contributed by atoms with van der Waals surface area (Å²) in [6.45, 7) is 7.04. The summed E-state index contributed by atoms with van der Waals surface area (Å²) in [6, 6.07) is 4.73. The van der Waals surface area contributed by atoms with Crippen LogP contribution in [0.4, 0.5) is 18.9 Å². The summed E-state index contributed by atoms with van der Waals surface area (Å²) in [5, 5.41) is 22.5. The number of aliphatic hydroxyl groups is 1. The zero-order valence-corrected chi connectivity index (χ0v) is 27.5. The summed E-state index contributed by atoms with van der Waals surface area (Å²) in [7, 11) is 3.43. The summed E-state index contributed by atoms with van der Waals surface area (Å²) in [6.07, 6.45) is 0.108. The number of hydrogen-bond acceptors (Lipinski definition) is 8. The van der Waals surface area contributed by atoms with E-state index in [1.54, 1.807) is 13.2 Å². The molecule has 1 amide bonds. The number of nitrogens with one attached hydrogen (secondary N) is 1. The molecule has 1 fully saturated rings. The van der Waals surface area contributed by atoms with Gasteiger partial charge in [-0.05, 0) is 62.6 Å². The number of carbonyl (C=O) groups excluding carboxylic acids is 3. The first-order valence-corrected chi connectivity index (χ1v) is 12.8. The van der Waals surface area contributed by atoms with Crippen molar-refractivity contribution >= 4 is 24.7 Å². The number of halogens is 3. The normalized spacial score (nSPS) is 16.2. The number of carbonyl (C=O) groups is 3. The summed E-state index contributed by atoms with van der Waals surface area (Å²) < 4.78 is 47.9. The third-order valence-corrected chi connectivity index (χ3v) is 6.67. The zero-order chi connectivity index (χ0) is 32.0. The molecule has 0 atom stereocenters. The van der Waals surface area contributed by atoms with Crippen molar-refractivity contribution in [3.05, 3.63) is 40.7 Å². The van der Waals surface area contributed by atoms with Crippen molar-refractivity contribution in [2.24, 2.45) is 11.1 Å². The van der Waals surface area contributed by atoms with E-state index in [2.05, 4.69) is 10.4 Å². The van der Waals surface area contributed by atoms with Gasteiger partial charge in [0.1, 0.15) is 13.1 Å². The first-order valence-electron chi connectivity index (χ1n) is 12.8. The molecule has 4 N–H and O–H groups in total. The van der Waals surface area contributed by atoms with Crippen molar-refractivity contribution in [2.45, 2.75) is 77.6 Å². The van der Waals surface area contributed by atoms with Gasteiger partial charge in [-0.3, -0.25) is 4.79 Å². The van der Waals surface area contributed by atoms with Crippen LogP contribution in [0, 0.1) is 12.3 Å². The van der Waals surface area contributed by atoms with E-state index in [9.17, 15) is 22.8 Å². The molecule has 232 valence electrons. The van der Waals surface area contributed by atoms with Crippen molar-refractivity contribution < 1.29 is 72.1 Å². The van der Waals surface area contributed by atoms with Crippen LogP contribution in [0.2, 0.25) is 0 Å².